The summed E-state index contributed by atoms with van der Waals surface area (Å²) in [4.78, 5) is 12.3. The van der Waals surface area contributed by atoms with Gasteiger partial charge in [0.15, 0.2) is 0 Å². The van der Waals surface area contributed by atoms with E-state index in [1.165, 1.54) is 12.1 Å². The Hall–Kier alpha value is -1.53. The van der Waals surface area contributed by atoms with Crippen LogP contribution >= 0.6 is 0 Å². The van der Waals surface area contributed by atoms with Gasteiger partial charge in [0.25, 0.3) is 5.69 Å². The highest BCUT2D eigenvalue weighted by molar-refractivity contribution is 5.35. The zero-order valence-corrected chi connectivity index (χ0v) is 10.7. The first-order valence-corrected chi connectivity index (χ1v) is 6.45. The Balaban J connectivity index is 2.08. The molecule has 1 aliphatic rings. The Morgan fingerprint density at radius 1 is 1.47 bits per heavy atom. The maximum atomic E-state index is 13.3. The van der Waals surface area contributed by atoms with Gasteiger partial charge in [0.1, 0.15) is 5.82 Å². The largest absolute Gasteiger partial charge is 0.330 e. The Bertz CT molecular complexity index is 467. The van der Waals surface area contributed by atoms with Crippen LogP contribution in [0.2, 0.25) is 0 Å². The number of rotatable bonds is 4. The van der Waals surface area contributed by atoms with Gasteiger partial charge in [-0.15, -0.1) is 0 Å². The molecule has 2 N–H and O–H groups in total. The average molecular weight is 267 g/mol. The molecule has 0 amide bonds. The predicted octanol–water partition coefficient (Wildman–Crippen LogP) is 1.90. The fourth-order valence-corrected chi connectivity index (χ4v) is 2.58. The first-order valence-electron chi connectivity index (χ1n) is 6.45. The molecule has 1 saturated heterocycles. The maximum absolute atomic E-state index is 13.3. The summed E-state index contributed by atoms with van der Waals surface area (Å²) in [5.74, 6) is -0.0890. The van der Waals surface area contributed by atoms with Crippen LogP contribution in [-0.4, -0.2) is 29.5 Å². The van der Waals surface area contributed by atoms with Crippen molar-refractivity contribution in [1.82, 2.24) is 4.90 Å². The number of nitrogens with zero attached hydrogens (tertiary/aromatic N) is 2. The molecule has 6 heteroatoms. The van der Waals surface area contributed by atoms with Crippen molar-refractivity contribution >= 4 is 5.69 Å². The molecule has 5 nitrogen and oxygen atoms in total. The molecule has 1 atom stereocenters. The number of halogens is 1. The lowest BCUT2D eigenvalue weighted by Crippen LogP contribution is -2.37. The molecule has 1 aromatic carbocycles. The highest BCUT2D eigenvalue weighted by Gasteiger charge is 2.19. The standard InChI is InChI=1S/C13H18FN3O2/c14-12-4-11(5-13(6-12)17(18)19)9-16-3-1-2-10(7-15)8-16/h4-6,10H,1-3,7-9,15H2. The second kappa shape index (κ2) is 6.08. The fourth-order valence-electron chi connectivity index (χ4n) is 2.58. The third-order valence-corrected chi connectivity index (χ3v) is 3.50. The topological polar surface area (TPSA) is 72.4 Å². The summed E-state index contributed by atoms with van der Waals surface area (Å²) in [6.07, 6.45) is 2.19. The van der Waals surface area contributed by atoms with Crippen LogP contribution in [0.5, 0.6) is 0 Å². The van der Waals surface area contributed by atoms with Crippen LogP contribution in [0.15, 0.2) is 18.2 Å². The lowest BCUT2D eigenvalue weighted by Gasteiger charge is -2.32. The van der Waals surface area contributed by atoms with Gasteiger partial charge in [0.2, 0.25) is 0 Å². The lowest BCUT2D eigenvalue weighted by molar-refractivity contribution is -0.385. The van der Waals surface area contributed by atoms with Gasteiger partial charge in [-0.2, -0.15) is 0 Å². The molecule has 0 radical (unpaired) electrons. The molecule has 0 spiro atoms. The van der Waals surface area contributed by atoms with Gasteiger partial charge in [0, 0.05) is 19.2 Å². The van der Waals surface area contributed by atoms with Crippen LogP contribution in [0.1, 0.15) is 18.4 Å². The molecule has 19 heavy (non-hydrogen) atoms. The van der Waals surface area contributed by atoms with Crippen molar-refractivity contribution in [2.24, 2.45) is 11.7 Å². The molecule has 2 rings (SSSR count). The quantitative estimate of drug-likeness (QED) is 0.668. The summed E-state index contributed by atoms with van der Waals surface area (Å²) in [6.45, 7) is 3.00. The summed E-state index contributed by atoms with van der Waals surface area (Å²) in [7, 11) is 0. The van der Waals surface area contributed by atoms with Crippen molar-refractivity contribution in [2.45, 2.75) is 19.4 Å². The van der Waals surface area contributed by atoms with Crippen molar-refractivity contribution < 1.29 is 9.31 Å². The van der Waals surface area contributed by atoms with Crippen LogP contribution in [0.4, 0.5) is 10.1 Å². The van der Waals surface area contributed by atoms with Gasteiger partial charge in [-0.05, 0) is 43.5 Å². The number of piperidine rings is 1. The minimum Gasteiger partial charge on any atom is -0.330 e. The number of non-ortho nitro benzene ring substituents is 1. The zero-order chi connectivity index (χ0) is 13.8. The van der Waals surface area contributed by atoms with Crippen molar-refractivity contribution in [2.75, 3.05) is 19.6 Å². The van der Waals surface area contributed by atoms with E-state index in [0.717, 1.165) is 32.0 Å². The highest BCUT2D eigenvalue weighted by Crippen LogP contribution is 2.21. The maximum Gasteiger partial charge on any atom is 0.272 e. The Labute approximate surface area is 111 Å². The molecule has 0 aliphatic carbocycles. The van der Waals surface area contributed by atoms with Gasteiger partial charge >= 0.3 is 0 Å². The summed E-state index contributed by atoms with van der Waals surface area (Å²) in [6, 6.07) is 3.75. The molecule has 0 saturated carbocycles. The molecule has 1 unspecified atom stereocenters. The van der Waals surface area contributed by atoms with E-state index in [9.17, 15) is 14.5 Å². The van der Waals surface area contributed by atoms with E-state index in [1.54, 1.807) is 0 Å². The smallest absolute Gasteiger partial charge is 0.272 e. The van der Waals surface area contributed by atoms with Crippen LogP contribution in [0.25, 0.3) is 0 Å². The summed E-state index contributed by atoms with van der Waals surface area (Å²) < 4.78 is 13.3. The summed E-state index contributed by atoms with van der Waals surface area (Å²) in [5, 5.41) is 10.7. The van der Waals surface area contributed by atoms with Gasteiger partial charge in [-0.1, -0.05) is 0 Å². The van der Waals surface area contributed by atoms with Crippen LogP contribution in [-0.2, 0) is 6.54 Å². The first-order chi connectivity index (χ1) is 9.08. The number of benzene rings is 1. The normalized spacial score (nSPS) is 20.4. The number of likely N-dealkylation sites (tertiary alicyclic amines) is 1. The lowest BCUT2D eigenvalue weighted by atomic mass is 9.98. The van der Waals surface area contributed by atoms with E-state index in [1.807, 2.05) is 0 Å². The van der Waals surface area contributed by atoms with E-state index in [-0.39, 0.29) is 5.69 Å². The second-order valence-corrected chi connectivity index (χ2v) is 5.05. The van der Waals surface area contributed by atoms with Gasteiger partial charge in [-0.25, -0.2) is 4.39 Å². The Kier molecular flexibility index (Phi) is 4.44. The van der Waals surface area contributed by atoms with Crippen molar-refractivity contribution in [3.05, 3.63) is 39.7 Å². The van der Waals surface area contributed by atoms with E-state index < -0.39 is 10.7 Å². The number of nitrogens with two attached hydrogens (primary N) is 1. The SMILES string of the molecule is NCC1CCCN(Cc2cc(F)cc([N+](=O)[O-])c2)C1. The van der Waals surface area contributed by atoms with E-state index in [4.69, 9.17) is 5.73 Å². The van der Waals surface area contributed by atoms with Crippen LogP contribution in [0, 0.1) is 21.8 Å². The van der Waals surface area contributed by atoms with Gasteiger partial charge in [-0.3, -0.25) is 15.0 Å². The predicted molar refractivity (Wildman–Crippen MR) is 70.1 cm³/mol. The molecule has 0 bridgehead atoms. The number of hydrogen-bond donors (Lipinski definition) is 1. The first kappa shape index (κ1) is 13.9. The van der Waals surface area contributed by atoms with E-state index in [0.29, 0.717) is 24.6 Å². The molecule has 1 aromatic rings. The monoisotopic (exact) mass is 267 g/mol. The summed E-state index contributed by atoms with van der Waals surface area (Å²) >= 11 is 0. The van der Waals surface area contributed by atoms with Crippen molar-refractivity contribution in [3.63, 3.8) is 0 Å². The van der Waals surface area contributed by atoms with Crippen molar-refractivity contribution in [3.8, 4) is 0 Å². The van der Waals surface area contributed by atoms with Crippen molar-refractivity contribution in [1.29, 1.82) is 0 Å². The zero-order valence-electron chi connectivity index (χ0n) is 10.7. The minimum atomic E-state index is -0.564. The third kappa shape index (κ3) is 3.71. The summed E-state index contributed by atoms with van der Waals surface area (Å²) in [5.41, 5.74) is 6.12. The minimum absolute atomic E-state index is 0.192. The van der Waals surface area contributed by atoms with Crippen LogP contribution < -0.4 is 5.73 Å². The number of hydrogen-bond acceptors (Lipinski definition) is 4. The fraction of sp³-hybridized carbons (Fsp3) is 0.538. The Morgan fingerprint density at radius 3 is 2.95 bits per heavy atom. The van der Waals surface area contributed by atoms with Crippen LogP contribution in [0.3, 0.4) is 0 Å². The Morgan fingerprint density at radius 2 is 2.26 bits per heavy atom. The molecular weight excluding hydrogens is 249 g/mol. The highest BCUT2D eigenvalue weighted by atomic mass is 19.1. The van der Waals surface area contributed by atoms with Gasteiger partial charge in [0.05, 0.1) is 11.0 Å². The molecule has 1 fully saturated rings. The second-order valence-electron chi connectivity index (χ2n) is 5.05. The average Bonchev–Trinajstić information content (AvgIpc) is 2.38. The molecule has 0 aromatic heterocycles. The molecular formula is C13H18FN3O2. The number of nitro benzene ring substituents is 1. The van der Waals surface area contributed by atoms with E-state index >= 15 is 0 Å². The number of nitro groups is 1. The van der Waals surface area contributed by atoms with Gasteiger partial charge < -0.3 is 5.73 Å². The third-order valence-electron chi connectivity index (χ3n) is 3.50. The molecule has 1 heterocycles. The molecule has 1 aliphatic heterocycles. The van der Waals surface area contributed by atoms with E-state index in [2.05, 4.69) is 4.90 Å². The molecule has 104 valence electrons.